The van der Waals surface area contributed by atoms with Crippen molar-refractivity contribution in [1.82, 2.24) is 0 Å². The van der Waals surface area contributed by atoms with Gasteiger partial charge >= 0.3 is 0 Å². The number of allylic oxidation sites excluding steroid dienone is 1. The number of hydrogen-bond donors (Lipinski definition) is 0. The molecule has 0 amide bonds. The molecule has 0 heterocycles. The molecular weight excluding hydrogens is 212 g/mol. The Morgan fingerprint density at radius 2 is 2.27 bits per heavy atom. The third-order valence-electron chi connectivity index (χ3n) is 2.03. The highest BCUT2D eigenvalue weighted by atomic mass is 35.5. The van der Waals surface area contributed by atoms with E-state index in [1.807, 2.05) is 13.8 Å². The third-order valence-corrected chi connectivity index (χ3v) is 2.32. The van der Waals surface area contributed by atoms with Crippen molar-refractivity contribution in [2.75, 3.05) is 6.61 Å². The maximum absolute atomic E-state index is 11.4. The predicted octanol–water partition coefficient (Wildman–Crippen LogP) is 3.42. The fraction of sp³-hybridized carbons (Fsp3) is 0.250. The molecule has 0 aliphatic rings. The van der Waals surface area contributed by atoms with E-state index in [1.165, 1.54) is 6.08 Å². The molecule has 0 radical (unpaired) electrons. The molecule has 0 fully saturated rings. The van der Waals surface area contributed by atoms with E-state index in [0.717, 1.165) is 5.56 Å². The van der Waals surface area contributed by atoms with Crippen LogP contribution < -0.4 is 4.74 Å². The van der Waals surface area contributed by atoms with Gasteiger partial charge in [0.1, 0.15) is 5.75 Å². The maximum Gasteiger partial charge on any atom is 0.185 e. The van der Waals surface area contributed by atoms with E-state index in [1.54, 1.807) is 12.1 Å². The molecule has 0 atom stereocenters. The van der Waals surface area contributed by atoms with Crippen LogP contribution >= 0.6 is 11.6 Å². The number of benzene rings is 1. The van der Waals surface area contributed by atoms with Crippen molar-refractivity contribution in [2.24, 2.45) is 0 Å². The van der Waals surface area contributed by atoms with Gasteiger partial charge in [0.25, 0.3) is 0 Å². The van der Waals surface area contributed by atoms with Crippen molar-refractivity contribution >= 4 is 17.4 Å². The van der Waals surface area contributed by atoms with Crippen molar-refractivity contribution in [3.05, 3.63) is 40.9 Å². The van der Waals surface area contributed by atoms with Crippen molar-refractivity contribution < 1.29 is 9.53 Å². The van der Waals surface area contributed by atoms with Crippen LogP contribution in [0.25, 0.3) is 0 Å². The van der Waals surface area contributed by atoms with Gasteiger partial charge in [-0.2, -0.15) is 0 Å². The molecule has 3 heteroatoms. The molecule has 1 aromatic carbocycles. The summed E-state index contributed by atoms with van der Waals surface area (Å²) < 4.78 is 5.32. The molecule has 1 rings (SSSR count). The maximum atomic E-state index is 11.4. The second-order valence-corrected chi connectivity index (χ2v) is 3.51. The number of aryl methyl sites for hydroxylation is 1. The van der Waals surface area contributed by atoms with Crippen LogP contribution in [0.2, 0.25) is 5.02 Å². The zero-order valence-electron chi connectivity index (χ0n) is 8.84. The molecule has 0 saturated heterocycles. The van der Waals surface area contributed by atoms with Crippen LogP contribution in [0.1, 0.15) is 22.8 Å². The molecule has 1 aromatic rings. The second kappa shape index (κ2) is 4.99. The number of halogens is 1. The average molecular weight is 225 g/mol. The lowest BCUT2D eigenvalue weighted by molar-refractivity contribution is 0.104. The van der Waals surface area contributed by atoms with Crippen LogP contribution in [-0.2, 0) is 0 Å². The van der Waals surface area contributed by atoms with Crippen LogP contribution in [0, 0.1) is 6.92 Å². The van der Waals surface area contributed by atoms with Crippen LogP contribution in [0.15, 0.2) is 24.8 Å². The summed E-state index contributed by atoms with van der Waals surface area (Å²) in [7, 11) is 0. The van der Waals surface area contributed by atoms with Crippen molar-refractivity contribution in [1.29, 1.82) is 0 Å². The van der Waals surface area contributed by atoms with Crippen LogP contribution in [0.3, 0.4) is 0 Å². The molecule has 0 unspecified atom stereocenters. The molecule has 80 valence electrons. The highest BCUT2D eigenvalue weighted by Gasteiger charge is 2.10. The van der Waals surface area contributed by atoms with E-state index in [0.29, 0.717) is 22.9 Å². The molecule has 0 aromatic heterocycles. The summed E-state index contributed by atoms with van der Waals surface area (Å²) in [5.41, 5.74) is 1.41. The number of ether oxygens (including phenoxy) is 1. The van der Waals surface area contributed by atoms with Crippen LogP contribution in [0.4, 0.5) is 0 Å². The summed E-state index contributed by atoms with van der Waals surface area (Å²) >= 11 is 5.97. The summed E-state index contributed by atoms with van der Waals surface area (Å²) in [6, 6.07) is 3.38. The van der Waals surface area contributed by atoms with Crippen molar-refractivity contribution in [3.8, 4) is 5.75 Å². The van der Waals surface area contributed by atoms with Gasteiger partial charge in [-0.25, -0.2) is 0 Å². The lowest BCUT2D eigenvalue weighted by Gasteiger charge is -2.09. The van der Waals surface area contributed by atoms with Gasteiger partial charge < -0.3 is 4.74 Å². The van der Waals surface area contributed by atoms with Crippen molar-refractivity contribution in [2.45, 2.75) is 13.8 Å². The van der Waals surface area contributed by atoms with E-state index in [9.17, 15) is 4.79 Å². The summed E-state index contributed by atoms with van der Waals surface area (Å²) in [5.74, 6) is 0.481. The molecule has 15 heavy (non-hydrogen) atoms. The lowest BCUT2D eigenvalue weighted by Crippen LogP contribution is -2.00. The minimum Gasteiger partial charge on any atom is -0.492 e. The first-order valence-corrected chi connectivity index (χ1v) is 5.07. The standard InChI is InChI=1S/C12H13ClO2/c1-4-11(14)9-7-10(13)12(15-5-2)6-8(9)3/h4,6-7H,1,5H2,2-3H3. The number of hydrogen-bond acceptors (Lipinski definition) is 2. The first-order chi connectivity index (χ1) is 7.10. The number of ketones is 1. The van der Waals surface area contributed by atoms with Crippen molar-refractivity contribution in [3.63, 3.8) is 0 Å². The zero-order valence-corrected chi connectivity index (χ0v) is 9.60. The Bertz CT molecular complexity index is 397. The molecule has 0 N–H and O–H groups in total. The molecule has 2 nitrogen and oxygen atoms in total. The third kappa shape index (κ3) is 2.60. The first-order valence-electron chi connectivity index (χ1n) is 4.69. The van der Waals surface area contributed by atoms with Gasteiger partial charge in [0.15, 0.2) is 5.78 Å². The number of rotatable bonds is 4. The quantitative estimate of drug-likeness (QED) is 0.579. The lowest BCUT2D eigenvalue weighted by atomic mass is 10.0. The largest absolute Gasteiger partial charge is 0.492 e. The first kappa shape index (κ1) is 11.8. The molecule has 0 spiro atoms. The molecule has 0 aliphatic heterocycles. The Balaban J connectivity index is 3.18. The van der Waals surface area contributed by atoms with E-state index < -0.39 is 0 Å². The average Bonchev–Trinajstić information content (AvgIpc) is 2.22. The Morgan fingerprint density at radius 1 is 1.60 bits per heavy atom. The van der Waals surface area contributed by atoms with Gasteiger partial charge in [-0.15, -0.1) is 0 Å². The fourth-order valence-corrected chi connectivity index (χ4v) is 1.51. The minimum absolute atomic E-state index is 0.127. The zero-order chi connectivity index (χ0) is 11.4. The van der Waals surface area contributed by atoms with E-state index in [4.69, 9.17) is 16.3 Å². The monoisotopic (exact) mass is 224 g/mol. The highest BCUT2D eigenvalue weighted by Crippen LogP contribution is 2.28. The van der Waals surface area contributed by atoms with E-state index in [2.05, 4.69) is 6.58 Å². The second-order valence-electron chi connectivity index (χ2n) is 3.10. The SMILES string of the molecule is C=CC(=O)c1cc(Cl)c(OCC)cc1C. The van der Waals surface area contributed by atoms with Crippen LogP contribution in [0.5, 0.6) is 5.75 Å². The number of carbonyl (C=O) groups is 1. The van der Waals surface area contributed by atoms with Gasteiger partial charge in [-0.1, -0.05) is 18.2 Å². The molecule has 0 saturated carbocycles. The minimum atomic E-state index is -0.127. The highest BCUT2D eigenvalue weighted by molar-refractivity contribution is 6.32. The Morgan fingerprint density at radius 3 is 2.80 bits per heavy atom. The Labute approximate surface area is 94.5 Å². The fourth-order valence-electron chi connectivity index (χ4n) is 1.30. The summed E-state index contributed by atoms with van der Waals surface area (Å²) in [5, 5.41) is 0.452. The van der Waals surface area contributed by atoms with Gasteiger partial charge in [0.2, 0.25) is 0 Å². The molecule has 0 bridgehead atoms. The molecular formula is C12H13ClO2. The van der Waals surface area contributed by atoms with Gasteiger partial charge in [-0.3, -0.25) is 4.79 Å². The smallest absolute Gasteiger partial charge is 0.185 e. The van der Waals surface area contributed by atoms with Gasteiger partial charge in [0, 0.05) is 5.56 Å². The summed E-state index contributed by atoms with van der Waals surface area (Å²) in [6.07, 6.45) is 1.28. The van der Waals surface area contributed by atoms with Gasteiger partial charge in [-0.05, 0) is 37.6 Å². The van der Waals surface area contributed by atoms with Gasteiger partial charge in [0.05, 0.1) is 11.6 Å². The molecule has 0 aliphatic carbocycles. The topological polar surface area (TPSA) is 26.3 Å². The Hall–Kier alpha value is -1.28. The number of carbonyl (C=O) groups excluding carboxylic acids is 1. The Kier molecular flexibility index (Phi) is 3.92. The van der Waals surface area contributed by atoms with E-state index in [-0.39, 0.29) is 5.78 Å². The van der Waals surface area contributed by atoms with Crippen LogP contribution in [-0.4, -0.2) is 12.4 Å². The summed E-state index contributed by atoms with van der Waals surface area (Å²) in [4.78, 5) is 11.4. The van der Waals surface area contributed by atoms with E-state index >= 15 is 0 Å². The predicted molar refractivity (Wildman–Crippen MR) is 61.9 cm³/mol. The summed E-state index contributed by atoms with van der Waals surface area (Å²) in [6.45, 7) is 7.72. The normalized spacial score (nSPS) is 9.80.